The standard InChI is InChI=1S/C11H13BrO/c12-10-3-1-2-9(6-10)11(7-13)8-4-5-8/h1-3,6,8,11,13H,4-5,7H2. The maximum atomic E-state index is 9.27. The van der Waals surface area contributed by atoms with Gasteiger partial charge in [0.25, 0.3) is 0 Å². The van der Waals surface area contributed by atoms with E-state index in [0.29, 0.717) is 5.92 Å². The molecule has 1 aromatic carbocycles. The molecule has 1 nitrogen and oxygen atoms in total. The van der Waals surface area contributed by atoms with Gasteiger partial charge in [0.05, 0.1) is 6.61 Å². The van der Waals surface area contributed by atoms with E-state index in [4.69, 9.17) is 0 Å². The lowest BCUT2D eigenvalue weighted by Gasteiger charge is -2.13. The van der Waals surface area contributed by atoms with Gasteiger partial charge >= 0.3 is 0 Å². The van der Waals surface area contributed by atoms with Crippen molar-refractivity contribution in [1.82, 2.24) is 0 Å². The van der Waals surface area contributed by atoms with Gasteiger partial charge in [0, 0.05) is 10.4 Å². The number of halogens is 1. The maximum absolute atomic E-state index is 9.27. The number of aliphatic hydroxyl groups excluding tert-OH is 1. The van der Waals surface area contributed by atoms with Crippen molar-refractivity contribution >= 4 is 15.9 Å². The van der Waals surface area contributed by atoms with Gasteiger partial charge in [-0.2, -0.15) is 0 Å². The molecule has 0 spiro atoms. The summed E-state index contributed by atoms with van der Waals surface area (Å²) in [5.74, 6) is 1.08. The van der Waals surface area contributed by atoms with E-state index in [1.807, 2.05) is 12.1 Å². The molecule has 0 saturated heterocycles. The highest BCUT2D eigenvalue weighted by Gasteiger charge is 2.31. The Bertz CT molecular complexity index is 294. The van der Waals surface area contributed by atoms with E-state index in [2.05, 4.69) is 28.1 Å². The van der Waals surface area contributed by atoms with Gasteiger partial charge in [0.1, 0.15) is 0 Å². The number of hydrogen-bond acceptors (Lipinski definition) is 1. The van der Waals surface area contributed by atoms with Gasteiger partial charge in [-0.15, -0.1) is 0 Å². The Kier molecular flexibility index (Phi) is 2.70. The van der Waals surface area contributed by atoms with Crippen LogP contribution >= 0.6 is 15.9 Å². The molecule has 1 aliphatic rings. The lowest BCUT2D eigenvalue weighted by molar-refractivity contribution is 0.253. The molecule has 1 fully saturated rings. The Balaban J connectivity index is 2.21. The average molecular weight is 241 g/mol. The van der Waals surface area contributed by atoms with Crippen molar-refractivity contribution in [2.45, 2.75) is 18.8 Å². The topological polar surface area (TPSA) is 20.2 Å². The first kappa shape index (κ1) is 9.22. The molecule has 2 heteroatoms. The van der Waals surface area contributed by atoms with Gasteiger partial charge in [-0.1, -0.05) is 28.1 Å². The summed E-state index contributed by atoms with van der Waals surface area (Å²) in [7, 11) is 0. The van der Waals surface area contributed by atoms with Crippen LogP contribution in [0.3, 0.4) is 0 Å². The second kappa shape index (κ2) is 3.81. The van der Waals surface area contributed by atoms with Crippen molar-refractivity contribution < 1.29 is 5.11 Å². The third kappa shape index (κ3) is 2.12. The first-order valence-corrected chi connectivity index (χ1v) is 5.47. The fourth-order valence-corrected chi connectivity index (χ4v) is 2.18. The van der Waals surface area contributed by atoms with Crippen LogP contribution in [0.15, 0.2) is 28.7 Å². The number of benzene rings is 1. The van der Waals surface area contributed by atoms with Gasteiger partial charge < -0.3 is 5.11 Å². The molecule has 0 radical (unpaired) electrons. The second-order valence-corrected chi connectivity index (χ2v) is 4.60. The van der Waals surface area contributed by atoms with E-state index in [1.165, 1.54) is 18.4 Å². The van der Waals surface area contributed by atoms with Crippen LogP contribution in [-0.2, 0) is 0 Å². The zero-order chi connectivity index (χ0) is 9.26. The summed E-state index contributed by atoms with van der Waals surface area (Å²) in [6.07, 6.45) is 2.55. The summed E-state index contributed by atoms with van der Waals surface area (Å²) in [4.78, 5) is 0. The Labute approximate surface area is 86.9 Å². The molecule has 1 atom stereocenters. The van der Waals surface area contributed by atoms with Gasteiger partial charge in [0.2, 0.25) is 0 Å². The predicted molar refractivity (Wildman–Crippen MR) is 56.7 cm³/mol. The van der Waals surface area contributed by atoms with Crippen LogP contribution in [0.2, 0.25) is 0 Å². The number of aliphatic hydroxyl groups is 1. The molecule has 0 aromatic heterocycles. The number of rotatable bonds is 3. The summed E-state index contributed by atoms with van der Waals surface area (Å²) < 4.78 is 1.10. The summed E-state index contributed by atoms with van der Waals surface area (Å²) in [5.41, 5.74) is 1.26. The molecule has 0 heterocycles. The first-order valence-electron chi connectivity index (χ1n) is 4.67. The number of hydrogen-bond donors (Lipinski definition) is 1. The summed E-state index contributed by atoms with van der Waals surface area (Å²) in [6, 6.07) is 8.26. The fraction of sp³-hybridized carbons (Fsp3) is 0.455. The highest BCUT2D eigenvalue weighted by Crippen LogP contribution is 2.42. The van der Waals surface area contributed by atoms with Crippen molar-refractivity contribution in [3.05, 3.63) is 34.3 Å². The van der Waals surface area contributed by atoms with Crippen molar-refractivity contribution in [3.8, 4) is 0 Å². The minimum absolute atomic E-state index is 0.279. The Morgan fingerprint density at radius 1 is 1.46 bits per heavy atom. The highest BCUT2D eigenvalue weighted by atomic mass is 79.9. The molecular formula is C11H13BrO. The van der Waals surface area contributed by atoms with Gasteiger partial charge in [-0.05, 0) is 36.5 Å². The highest BCUT2D eigenvalue weighted by molar-refractivity contribution is 9.10. The predicted octanol–water partition coefficient (Wildman–Crippen LogP) is 2.94. The summed E-state index contributed by atoms with van der Waals surface area (Å²) >= 11 is 3.45. The van der Waals surface area contributed by atoms with E-state index >= 15 is 0 Å². The van der Waals surface area contributed by atoms with E-state index < -0.39 is 0 Å². The van der Waals surface area contributed by atoms with E-state index in [-0.39, 0.29) is 6.61 Å². The SMILES string of the molecule is OCC(c1cccc(Br)c1)C1CC1. The fourth-order valence-electron chi connectivity index (χ4n) is 1.76. The molecule has 13 heavy (non-hydrogen) atoms. The van der Waals surface area contributed by atoms with Crippen LogP contribution in [0.1, 0.15) is 24.3 Å². The largest absolute Gasteiger partial charge is 0.396 e. The molecule has 1 aliphatic carbocycles. The molecule has 0 amide bonds. The quantitative estimate of drug-likeness (QED) is 0.862. The lowest BCUT2D eigenvalue weighted by atomic mass is 9.95. The molecule has 70 valence electrons. The molecular weight excluding hydrogens is 228 g/mol. The van der Waals surface area contributed by atoms with Gasteiger partial charge in [-0.3, -0.25) is 0 Å². The first-order chi connectivity index (χ1) is 6.31. The van der Waals surface area contributed by atoms with Gasteiger partial charge in [0.15, 0.2) is 0 Å². The molecule has 2 rings (SSSR count). The lowest BCUT2D eigenvalue weighted by Crippen LogP contribution is -2.05. The van der Waals surface area contributed by atoms with Crippen molar-refractivity contribution in [1.29, 1.82) is 0 Å². The monoisotopic (exact) mass is 240 g/mol. The van der Waals surface area contributed by atoms with Crippen LogP contribution < -0.4 is 0 Å². The smallest absolute Gasteiger partial charge is 0.0502 e. The Hall–Kier alpha value is -0.340. The van der Waals surface area contributed by atoms with Crippen LogP contribution in [0.4, 0.5) is 0 Å². The molecule has 1 unspecified atom stereocenters. The Morgan fingerprint density at radius 2 is 2.23 bits per heavy atom. The normalized spacial score (nSPS) is 18.6. The molecule has 1 N–H and O–H groups in total. The van der Waals surface area contributed by atoms with Crippen LogP contribution in [0.5, 0.6) is 0 Å². The third-order valence-corrected chi connectivity index (χ3v) is 3.16. The molecule has 1 aromatic rings. The van der Waals surface area contributed by atoms with E-state index in [1.54, 1.807) is 0 Å². The second-order valence-electron chi connectivity index (χ2n) is 3.68. The average Bonchev–Trinajstić information content (AvgIpc) is 2.90. The molecule has 1 saturated carbocycles. The zero-order valence-electron chi connectivity index (χ0n) is 7.41. The van der Waals surface area contributed by atoms with E-state index in [0.717, 1.165) is 10.4 Å². The molecule has 0 aliphatic heterocycles. The van der Waals surface area contributed by atoms with Crippen molar-refractivity contribution in [2.24, 2.45) is 5.92 Å². The molecule has 0 bridgehead atoms. The zero-order valence-corrected chi connectivity index (χ0v) is 9.00. The van der Waals surface area contributed by atoms with Crippen LogP contribution in [0.25, 0.3) is 0 Å². The van der Waals surface area contributed by atoms with Crippen molar-refractivity contribution in [3.63, 3.8) is 0 Å². The van der Waals surface area contributed by atoms with Crippen LogP contribution in [0, 0.1) is 5.92 Å². The summed E-state index contributed by atoms with van der Waals surface area (Å²) in [6.45, 7) is 0.279. The minimum Gasteiger partial charge on any atom is -0.396 e. The van der Waals surface area contributed by atoms with Crippen molar-refractivity contribution in [2.75, 3.05) is 6.61 Å². The van der Waals surface area contributed by atoms with E-state index in [9.17, 15) is 5.11 Å². The minimum atomic E-state index is 0.279. The Morgan fingerprint density at radius 3 is 2.77 bits per heavy atom. The maximum Gasteiger partial charge on any atom is 0.0502 e. The van der Waals surface area contributed by atoms with Crippen LogP contribution in [-0.4, -0.2) is 11.7 Å². The summed E-state index contributed by atoms with van der Waals surface area (Å²) in [5, 5.41) is 9.27. The third-order valence-electron chi connectivity index (χ3n) is 2.66. The van der Waals surface area contributed by atoms with Gasteiger partial charge in [-0.25, -0.2) is 0 Å².